The summed E-state index contributed by atoms with van der Waals surface area (Å²) in [5, 5.41) is 0.512. The van der Waals surface area contributed by atoms with Crippen molar-refractivity contribution in [3.8, 4) is 0 Å². The van der Waals surface area contributed by atoms with Gasteiger partial charge in [0, 0.05) is 38.4 Å². The zero-order chi connectivity index (χ0) is 13.2. The summed E-state index contributed by atoms with van der Waals surface area (Å²) in [5.41, 5.74) is 0.540. The first-order chi connectivity index (χ1) is 9.25. The molecule has 1 fully saturated rings. The van der Waals surface area contributed by atoms with Crippen molar-refractivity contribution in [3.05, 3.63) is 35.1 Å². The van der Waals surface area contributed by atoms with Gasteiger partial charge >= 0.3 is 0 Å². The average molecular weight is 258 g/mol. The first-order valence-electron chi connectivity index (χ1n) is 6.32. The second-order valence-corrected chi connectivity index (χ2v) is 4.62. The number of rotatable bonds is 3. The van der Waals surface area contributed by atoms with E-state index in [0.29, 0.717) is 30.4 Å². The normalized spacial score (nSPS) is 15.4. The molecule has 19 heavy (non-hydrogen) atoms. The van der Waals surface area contributed by atoms with E-state index in [1.165, 1.54) is 17.1 Å². The summed E-state index contributed by atoms with van der Waals surface area (Å²) in [7, 11) is 0. The van der Waals surface area contributed by atoms with Gasteiger partial charge < -0.3 is 4.90 Å². The molecular weight excluding hydrogens is 244 g/mol. The van der Waals surface area contributed by atoms with Gasteiger partial charge in [0.05, 0.1) is 17.2 Å². The van der Waals surface area contributed by atoms with E-state index in [2.05, 4.69) is 9.97 Å². The zero-order valence-corrected chi connectivity index (χ0v) is 10.5. The number of nitrogens with zero attached hydrogens (tertiary/aromatic N) is 4. The molecule has 6 heteroatoms. The molecule has 98 valence electrons. The third-order valence-corrected chi connectivity index (χ3v) is 3.41. The minimum absolute atomic E-state index is 0.107. The highest BCUT2D eigenvalue weighted by molar-refractivity contribution is 5.78. The van der Waals surface area contributed by atoms with Crippen LogP contribution < -0.4 is 5.56 Å². The molecule has 3 rings (SSSR count). The van der Waals surface area contributed by atoms with Gasteiger partial charge in [-0.3, -0.25) is 19.1 Å². The maximum Gasteiger partial charge on any atom is 0.262 e. The van der Waals surface area contributed by atoms with Crippen LogP contribution in [0, 0.1) is 0 Å². The fourth-order valence-electron chi connectivity index (χ4n) is 2.33. The summed E-state index contributed by atoms with van der Waals surface area (Å²) in [6, 6.07) is 1.71. The van der Waals surface area contributed by atoms with E-state index in [-0.39, 0.29) is 11.5 Å². The average Bonchev–Trinajstić information content (AvgIpc) is 2.84. The largest absolute Gasteiger partial charge is 0.341 e. The molecule has 0 bridgehead atoms. The van der Waals surface area contributed by atoms with Crippen LogP contribution in [0.2, 0.25) is 0 Å². The predicted molar refractivity (Wildman–Crippen MR) is 69.6 cm³/mol. The van der Waals surface area contributed by atoms with Gasteiger partial charge in [-0.05, 0) is 12.5 Å². The van der Waals surface area contributed by atoms with E-state index < -0.39 is 0 Å². The minimum atomic E-state index is -0.107. The Hall–Kier alpha value is -2.24. The monoisotopic (exact) mass is 258 g/mol. The lowest BCUT2D eigenvalue weighted by Gasteiger charge is -2.16. The van der Waals surface area contributed by atoms with E-state index in [0.717, 1.165) is 13.0 Å². The predicted octanol–water partition coefficient (Wildman–Crippen LogP) is 0.414. The molecule has 0 aliphatic carbocycles. The van der Waals surface area contributed by atoms with Crippen molar-refractivity contribution < 1.29 is 4.79 Å². The number of amides is 1. The van der Waals surface area contributed by atoms with Crippen LogP contribution >= 0.6 is 0 Å². The molecule has 0 unspecified atom stereocenters. The van der Waals surface area contributed by atoms with Gasteiger partial charge in [0.1, 0.15) is 0 Å². The number of fused-ring (bicyclic) bond motifs is 1. The molecule has 1 aliphatic rings. The van der Waals surface area contributed by atoms with Crippen molar-refractivity contribution in [3.63, 3.8) is 0 Å². The molecule has 1 aliphatic heterocycles. The number of pyridine rings is 1. The number of aromatic nitrogens is 3. The molecule has 1 saturated heterocycles. The Kier molecular flexibility index (Phi) is 2.98. The summed E-state index contributed by atoms with van der Waals surface area (Å²) in [6.07, 6.45) is 6.21. The van der Waals surface area contributed by atoms with Crippen LogP contribution in [0.15, 0.2) is 29.6 Å². The van der Waals surface area contributed by atoms with Gasteiger partial charge in [0.2, 0.25) is 5.91 Å². The van der Waals surface area contributed by atoms with Gasteiger partial charge in [-0.2, -0.15) is 0 Å². The maximum atomic E-state index is 12.2. The molecule has 0 radical (unpaired) electrons. The molecule has 0 N–H and O–H groups in total. The fraction of sp³-hybridized carbons (Fsp3) is 0.385. The molecule has 0 saturated carbocycles. The Morgan fingerprint density at radius 2 is 2.16 bits per heavy atom. The fourth-order valence-corrected chi connectivity index (χ4v) is 2.33. The number of carbonyl (C=O) groups is 1. The highest BCUT2D eigenvalue weighted by atomic mass is 16.2. The highest BCUT2D eigenvalue weighted by Gasteiger charge is 2.19. The zero-order valence-electron chi connectivity index (χ0n) is 10.5. The first-order valence-corrected chi connectivity index (χ1v) is 6.32. The highest BCUT2D eigenvalue weighted by Crippen LogP contribution is 2.09. The SMILES string of the molecule is O=C1CCCN1CCn1cnc2ccncc2c1=O. The molecule has 2 aromatic heterocycles. The summed E-state index contributed by atoms with van der Waals surface area (Å²) in [6.45, 7) is 1.82. The topological polar surface area (TPSA) is 68.1 Å². The van der Waals surface area contributed by atoms with Crippen molar-refractivity contribution in [1.29, 1.82) is 0 Å². The number of carbonyl (C=O) groups excluding carboxylic acids is 1. The lowest BCUT2D eigenvalue weighted by Crippen LogP contribution is -2.31. The van der Waals surface area contributed by atoms with Gasteiger partial charge in [-0.15, -0.1) is 0 Å². The summed E-state index contributed by atoms with van der Waals surface area (Å²) in [4.78, 5) is 33.7. The number of hydrogen-bond donors (Lipinski definition) is 0. The minimum Gasteiger partial charge on any atom is -0.341 e. The molecule has 6 nitrogen and oxygen atoms in total. The van der Waals surface area contributed by atoms with Crippen LogP contribution in [0.5, 0.6) is 0 Å². The maximum absolute atomic E-state index is 12.2. The molecule has 0 aromatic carbocycles. The lowest BCUT2D eigenvalue weighted by atomic mass is 10.3. The molecule has 2 aromatic rings. The van der Waals surface area contributed by atoms with Crippen LogP contribution in [0.1, 0.15) is 12.8 Å². The van der Waals surface area contributed by atoms with E-state index in [1.54, 1.807) is 17.2 Å². The van der Waals surface area contributed by atoms with E-state index >= 15 is 0 Å². The van der Waals surface area contributed by atoms with Gasteiger partial charge in [0.25, 0.3) is 5.56 Å². The second kappa shape index (κ2) is 4.79. The smallest absolute Gasteiger partial charge is 0.262 e. The van der Waals surface area contributed by atoms with Crippen LogP contribution in [0.3, 0.4) is 0 Å². The standard InChI is InChI=1S/C13H14N4O2/c18-12-2-1-5-16(12)6-7-17-9-15-11-3-4-14-8-10(11)13(17)19/h3-4,8-9H,1-2,5-7H2. The summed E-state index contributed by atoms with van der Waals surface area (Å²) >= 11 is 0. The number of likely N-dealkylation sites (tertiary alicyclic amines) is 1. The Balaban J connectivity index is 1.83. The van der Waals surface area contributed by atoms with Gasteiger partial charge in [-0.1, -0.05) is 0 Å². The van der Waals surface area contributed by atoms with Crippen molar-refractivity contribution >= 4 is 16.8 Å². The molecular formula is C13H14N4O2. The van der Waals surface area contributed by atoms with Crippen molar-refractivity contribution in [2.24, 2.45) is 0 Å². The Morgan fingerprint density at radius 3 is 2.95 bits per heavy atom. The van der Waals surface area contributed by atoms with Crippen LogP contribution in [0.4, 0.5) is 0 Å². The first kappa shape index (κ1) is 11.8. The number of hydrogen-bond acceptors (Lipinski definition) is 4. The van der Waals surface area contributed by atoms with Crippen LogP contribution in [-0.2, 0) is 11.3 Å². The summed E-state index contributed by atoms with van der Waals surface area (Å²) in [5.74, 6) is 0.170. The lowest BCUT2D eigenvalue weighted by molar-refractivity contribution is -0.127. The van der Waals surface area contributed by atoms with Gasteiger partial charge in [0.15, 0.2) is 0 Å². The second-order valence-electron chi connectivity index (χ2n) is 4.62. The van der Waals surface area contributed by atoms with Crippen molar-refractivity contribution in [1.82, 2.24) is 19.4 Å². The Morgan fingerprint density at radius 1 is 1.26 bits per heavy atom. The molecule has 0 spiro atoms. The van der Waals surface area contributed by atoms with Crippen molar-refractivity contribution in [2.75, 3.05) is 13.1 Å². The van der Waals surface area contributed by atoms with Crippen molar-refractivity contribution in [2.45, 2.75) is 19.4 Å². The third-order valence-electron chi connectivity index (χ3n) is 3.41. The summed E-state index contributed by atoms with van der Waals surface area (Å²) < 4.78 is 1.54. The Labute approximate surface area is 109 Å². The molecule has 1 amide bonds. The van der Waals surface area contributed by atoms with E-state index in [9.17, 15) is 9.59 Å². The van der Waals surface area contributed by atoms with Crippen LogP contribution in [-0.4, -0.2) is 38.4 Å². The van der Waals surface area contributed by atoms with Crippen LogP contribution in [0.25, 0.3) is 10.9 Å². The Bertz CT molecular complexity index is 680. The van der Waals surface area contributed by atoms with E-state index in [1.807, 2.05) is 0 Å². The molecule has 0 atom stereocenters. The molecule has 3 heterocycles. The quantitative estimate of drug-likeness (QED) is 0.800. The third kappa shape index (κ3) is 2.21. The van der Waals surface area contributed by atoms with E-state index in [4.69, 9.17) is 0 Å². The van der Waals surface area contributed by atoms with Gasteiger partial charge in [-0.25, -0.2) is 4.98 Å².